The summed E-state index contributed by atoms with van der Waals surface area (Å²) >= 11 is 6.16. The number of rotatable bonds is 11. The molecule has 3 aromatic carbocycles. The number of hydrogen-bond donors (Lipinski definition) is 1. The first-order chi connectivity index (χ1) is 19.2. The van der Waals surface area contributed by atoms with Crippen LogP contribution in [-0.2, 0) is 30.8 Å². The molecule has 9 heteroatoms. The Morgan fingerprint density at radius 1 is 0.976 bits per heavy atom. The molecule has 1 N–H and O–H groups in total. The van der Waals surface area contributed by atoms with Gasteiger partial charge in [0.15, 0.2) is 0 Å². The van der Waals surface area contributed by atoms with Crippen LogP contribution in [0.1, 0.15) is 43.5 Å². The second kappa shape index (κ2) is 13.5. The third-order valence-electron chi connectivity index (χ3n) is 6.48. The second-order valence-electron chi connectivity index (χ2n) is 11.1. The number of aryl methyl sites for hydroxylation is 1. The zero-order chi connectivity index (χ0) is 30.4. The van der Waals surface area contributed by atoms with Crippen molar-refractivity contribution in [2.75, 3.05) is 13.7 Å². The number of nitrogens with one attached hydrogen (secondary N) is 1. The van der Waals surface area contributed by atoms with Crippen molar-refractivity contribution >= 4 is 33.5 Å². The number of methoxy groups -OCH3 is 1. The molecule has 0 saturated carbocycles. The first-order valence-corrected chi connectivity index (χ1v) is 15.0. The number of hydrogen-bond acceptors (Lipinski definition) is 5. The summed E-state index contributed by atoms with van der Waals surface area (Å²) in [5, 5.41) is 3.20. The van der Waals surface area contributed by atoms with Gasteiger partial charge in [-0.25, -0.2) is 13.2 Å². The SMILES string of the molecule is C=C(C(=O)N[C@H](Cc1ccccc1)C(=O)OC)C(c1ccc(Cl)cc1)N(CC(C)(C)C)S(=O)(=O)c1ccccc1C. The number of carbonyl (C=O) groups excluding carboxylic acids is 2. The van der Waals surface area contributed by atoms with Crippen LogP contribution in [0.25, 0.3) is 0 Å². The van der Waals surface area contributed by atoms with E-state index in [0.29, 0.717) is 16.1 Å². The summed E-state index contributed by atoms with van der Waals surface area (Å²) < 4.78 is 34.9. The lowest BCUT2D eigenvalue weighted by atomic mass is 9.93. The van der Waals surface area contributed by atoms with E-state index in [0.717, 1.165) is 5.56 Å². The fourth-order valence-electron chi connectivity index (χ4n) is 4.50. The van der Waals surface area contributed by atoms with Gasteiger partial charge in [-0.3, -0.25) is 4.79 Å². The van der Waals surface area contributed by atoms with E-state index in [1.165, 1.54) is 11.4 Å². The van der Waals surface area contributed by atoms with Gasteiger partial charge in [0.05, 0.1) is 18.0 Å². The zero-order valence-electron chi connectivity index (χ0n) is 24.1. The van der Waals surface area contributed by atoms with E-state index in [1.807, 2.05) is 51.1 Å². The lowest BCUT2D eigenvalue weighted by Crippen LogP contribution is -2.47. The summed E-state index contributed by atoms with van der Waals surface area (Å²) in [7, 11) is -2.88. The van der Waals surface area contributed by atoms with E-state index in [9.17, 15) is 18.0 Å². The number of sulfonamides is 1. The van der Waals surface area contributed by atoms with Gasteiger partial charge in [0.25, 0.3) is 0 Å². The number of carbonyl (C=O) groups is 2. The number of esters is 1. The lowest BCUT2D eigenvalue weighted by molar-refractivity contribution is -0.144. The molecule has 41 heavy (non-hydrogen) atoms. The van der Waals surface area contributed by atoms with Crippen LogP contribution in [0, 0.1) is 12.3 Å². The van der Waals surface area contributed by atoms with Crippen molar-refractivity contribution in [2.24, 2.45) is 5.41 Å². The molecule has 2 atom stereocenters. The number of amides is 1. The molecule has 7 nitrogen and oxygen atoms in total. The third-order valence-corrected chi connectivity index (χ3v) is 8.70. The Kier molecular flexibility index (Phi) is 10.5. The lowest BCUT2D eigenvalue weighted by Gasteiger charge is -2.37. The van der Waals surface area contributed by atoms with Crippen LogP contribution in [0.2, 0.25) is 5.02 Å². The summed E-state index contributed by atoms with van der Waals surface area (Å²) in [6.45, 7) is 11.6. The van der Waals surface area contributed by atoms with Crippen molar-refractivity contribution in [3.05, 3.63) is 113 Å². The van der Waals surface area contributed by atoms with E-state index in [-0.39, 0.29) is 23.4 Å². The molecule has 1 unspecified atom stereocenters. The molecule has 0 aliphatic rings. The van der Waals surface area contributed by atoms with Gasteiger partial charge >= 0.3 is 5.97 Å². The summed E-state index contributed by atoms with van der Waals surface area (Å²) in [6, 6.07) is 20.4. The van der Waals surface area contributed by atoms with E-state index in [1.54, 1.807) is 55.5 Å². The van der Waals surface area contributed by atoms with Crippen molar-refractivity contribution < 1.29 is 22.7 Å². The smallest absolute Gasteiger partial charge is 0.328 e. The molecule has 0 aliphatic heterocycles. The van der Waals surface area contributed by atoms with Gasteiger partial charge in [0, 0.05) is 23.6 Å². The predicted molar refractivity (Wildman–Crippen MR) is 162 cm³/mol. The van der Waals surface area contributed by atoms with Crippen LogP contribution >= 0.6 is 11.6 Å². The number of halogens is 1. The molecule has 0 fully saturated rings. The van der Waals surface area contributed by atoms with Crippen molar-refractivity contribution in [1.29, 1.82) is 0 Å². The average molecular weight is 597 g/mol. The van der Waals surface area contributed by atoms with E-state index in [4.69, 9.17) is 16.3 Å². The highest BCUT2D eigenvalue weighted by Crippen LogP contribution is 2.37. The van der Waals surface area contributed by atoms with Gasteiger partial charge < -0.3 is 10.1 Å². The molecule has 0 saturated heterocycles. The molecule has 0 aromatic heterocycles. The van der Waals surface area contributed by atoms with E-state index in [2.05, 4.69) is 11.9 Å². The van der Waals surface area contributed by atoms with Crippen molar-refractivity contribution in [1.82, 2.24) is 9.62 Å². The Morgan fingerprint density at radius 3 is 2.12 bits per heavy atom. The summed E-state index contributed by atoms with van der Waals surface area (Å²) in [5.74, 6) is -1.30. The highest BCUT2D eigenvalue weighted by atomic mass is 35.5. The largest absolute Gasteiger partial charge is 0.467 e. The van der Waals surface area contributed by atoms with Crippen molar-refractivity contribution in [3.63, 3.8) is 0 Å². The summed E-state index contributed by atoms with van der Waals surface area (Å²) in [4.78, 5) is 26.6. The minimum absolute atomic E-state index is 0.0457. The van der Waals surface area contributed by atoms with Crippen LogP contribution in [-0.4, -0.2) is 44.3 Å². The maximum Gasteiger partial charge on any atom is 0.328 e. The van der Waals surface area contributed by atoms with Gasteiger partial charge in [-0.2, -0.15) is 4.31 Å². The summed E-state index contributed by atoms with van der Waals surface area (Å²) in [5.41, 5.74) is 1.37. The molecular weight excluding hydrogens is 560 g/mol. The minimum Gasteiger partial charge on any atom is -0.467 e. The monoisotopic (exact) mass is 596 g/mol. The standard InChI is InChI=1S/C32H37ClN2O5S/c1-22-12-10-11-15-28(22)41(38,39)35(21-32(3,4)5)29(25-16-18-26(33)19-17-25)23(2)30(36)34-27(31(37)40-6)20-24-13-8-7-9-14-24/h7-19,27,29H,2,20-21H2,1,3-6H3,(H,34,36)/t27-,29?/m1/s1. The normalized spacial score (nSPS) is 13.3. The van der Waals surface area contributed by atoms with Gasteiger partial charge in [-0.05, 0) is 47.2 Å². The zero-order valence-corrected chi connectivity index (χ0v) is 25.6. The Balaban J connectivity index is 2.11. The topological polar surface area (TPSA) is 92.8 Å². The van der Waals surface area contributed by atoms with Gasteiger partial charge in [-0.15, -0.1) is 0 Å². The Morgan fingerprint density at radius 2 is 1.56 bits per heavy atom. The molecule has 0 aliphatic carbocycles. The number of benzene rings is 3. The van der Waals surface area contributed by atoms with Crippen LogP contribution in [0.4, 0.5) is 0 Å². The first kappa shape index (κ1) is 32.1. The van der Waals surface area contributed by atoms with E-state index < -0.39 is 39.4 Å². The van der Waals surface area contributed by atoms with Crippen molar-refractivity contribution in [2.45, 2.75) is 51.1 Å². The maximum absolute atomic E-state index is 14.3. The van der Waals surface area contributed by atoms with Crippen molar-refractivity contribution in [3.8, 4) is 0 Å². The first-order valence-electron chi connectivity index (χ1n) is 13.2. The molecule has 0 bridgehead atoms. The average Bonchev–Trinajstić information content (AvgIpc) is 2.92. The molecular formula is C32H37ClN2O5S. The van der Waals surface area contributed by atoms with Crippen LogP contribution in [0.5, 0.6) is 0 Å². The molecule has 0 heterocycles. The maximum atomic E-state index is 14.3. The molecule has 0 spiro atoms. The number of ether oxygens (including phenoxy) is 1. The second-order valence-corrected chi connectivity index (χ2v) is 13.4. The Labute approximate surface area is 248 Å². The number of nitrogens with zero attached hydrogens (tertiary/aromatic N) is 1. The molecule has 3 aromatic rings. The fraction of sp³-hybridized carbons (Fsp3) is 0.312. The highest BCUT2D eigenvalue weighted by molar-refractivity contribution is 7.89. The van der Waals surface area contributed by atoms with Crippen LogP contribution in [0.15, 0.2) is 95.9 Å². The third kappa shape index (κ3) is 8.28. The quantitative estimate of drug-likeness (QED) is 0.220. The summed E-state index contributed by atoms with van der Waals surface area (Å²) in [6.07, 6.45) is 0.186. The van der Waals surface area contributed by atoms with Gasteiger partial charge in [0.2, 0.25) is 15.9 Å². The molecule has 3 rings (SSSR count). The van der Waals surface area contributed by atoms with Crippen LogP contribution < -0.4 is 5.32 Å². The predicted octanol–water partition coefficient (Wildman–Crippen LogP) is 5.88. The Hall–Kier alpha value is -3.46. The Bertz CT molecular complexity index is 1480. The molecule has 218 valence electrons. The minimum atomic E-state index is -4.13. The van der Waals surface area contributed by atoms with Gasteiger partial charge in [0.1, 0.15) is 6.04 Å². The van der Waals surface area contributed by atoms with Gasteiger partial charge in [-0.1, -0.05) is 99.6 Å². The molecule has 1 amide bonds. The highest BCUT2D eigenvalue weighted by Gasteiger charge is 2.39. The molecule has 0 radical (unpaired) electrons. The van der Waals surface area contributed by atoms with E-state index >= 15 is 0 Å². The van der Waals surface area contributed by atoms with Crippen LogP contribution in [0.3, 0.4) is 0 Å². The fourth-order valence-corrected chi connectivity index (χ4v) is 6.69.